The Morgan fingerprint density at radius 2 is 2.06 bits per heavy atom. The molecule has 0 spiro atoms. The summed E-state index contributed by atoms with van der Waals surface area (Å²) in [7, 11) is 0. The highest BCUT2D eigenvalue weighted by molar-refractivity contribution is 5.66. The molecule has 0 amide bonds. The van der Waals surface area contributed by atoms with E-state index in [1.165, 1.54) is 0 Å². The van der Waals surface area contributed by atoms with E-state index in [0.29, 0.717) is 12.3 Å². The van der Waals surface area contributed by atoms with Crippen LogP contribution in [0.5, 0.6) is 0 Å². The minimum atomic E-state index is -0.673. The van der Waals surface area contributed by atoms with Gasteiger partial charge >= 0.3 is 5.97 Å². The molecule has 17 heavy (non-hydrogen) atoms. The first kappa shape index (κ1) is 15.7. The Hall–Kier alpha value is -1.31. The molecule has 0 rings (SSSR count). The Labute approximate surface area is 105 Å². The number of hydrogen-bond donors (Lipinski definition) is 1. The molecule has 1 atom stereocenters. The molecule has 0 aliphatic carbocycles. The highest BCUT2D eigenvalue weighted by Gasteiger charge is 2.11. The van der Waals surface area contributed by atoms with Gasteiger partial charge in [-0.05, 0) is 25.2 Å². The lowest BCUT2D eigenvalue weighted by Crippen LogP contribution is -2.07. The first-order valence-electron chi connectivity index (χ1n) is 6.36. The molecule has 0 saturated carbocycles. The first-order chi connectivity index (χ1) is 8.20. The maximum absolute atomic E-state index is 10.7. The molecule has 0 aromatic heterocycles. The summed E-state index contributed by atoms with van der Waals surface area (Å²) >= 11 is 0. The summed E-state index contributed by atoms with van der Waals surface area (Å²) in [5.74, 6) is -0.331. The molecule has 0 aromatic carbocycles. The minimum Gasteiger partial charge on any atom is -0.481 e. The number of hydrogen-bond acceptors (Lipinski definition) is 1. The van der Waals surface area contributed by atoms with Crippen LogP contribution in [0.25, 0.3) is 0 Å². The van der Waals surface area contributed by atoms with Crippen molar-refractivity contribution >= 4 is 5.97 Å². The molecule has 96 valence electrons. The third-order valence-electron chi connectivity index (χ3n) is 2.64. The van der Waals surface area contributed by atoms with Crippen LogP contribution in [0.1, 0.15) is 45.4 Å². The molecule has 0 radical (unpaired) electrons. The fourth-order valence-electron chi connectivity index (χ4n) is 1.85. The molecule has 0 saturated heterocycles. The Kier molecular flexibility index (Phi) is 10.3. The Morgan fingerprint density at radius 3 is 2.65 bits per heavy atom. The van der Waals surface area contributed by atoms with E-state index in [1.807, 2.05) is 18.2 Å². The fourth-order valence-corrected chi connectivity index (χ4v) is 1.85. The van der Waals surface area contributed by atoms with Gasteiger partial charge in [0.25, 0.3) is 0 Å². The number of rotatable bonds is 10. The zero-order chi connectivity index (χ0) is 12.9. The van der Waals surface area contributed by atoms with Gasteiger partial charge < -0.3 is 5.11 Å². The van der Waals surface area contributed by atoms with Gasteiger partial charge in [-0.15, -0.1) is 0 Å². The lowest BCUT2D eigenvalue weighted by molar-refractivity contribution is -0.138. The smallest absolute Gasteiger partial charge is 0.303 e. The zero-order valence-electron chi connectivity index (χ0n) is 10.8. The van der Waals surface area contributed by atoms with Gasteiger partial charge in [0.15, 0.2) is 0 Å². The maximum atomic E-state index is 10.7. The van der Waals surface area contributed by atoms with E-state index in [0.717, 1.165) is 32.1 Å². The van der Waals surface area contributed by atoms with Crippen molar-refractivity contribution in [3.05, 3.63) is 37.0 Å². The zero-order valence-corrected chi connectivity index (χ0v) is 10.8. The highest BCUT2D eigenvalue weighted by Crippen LogP contribution is 2.18. The maximum Gasteiger partial charge on any atom is 0.303 e. The number of carboxylic acid groups (broad SMARTS) is 1. The molecule has 0 heterocycles. The van der Waals surface area contributed by atoms with Crippen LogP contribution < -0.4 is 0 Å². The Bertz CT molecular complexity index is 264. The summed E-state index contributed by atoms with van der Waals surface area (Å²) in [5, 5.41) is 8.78. The van der Waals surface area contributed by atoms with Gasteiger partial charge in [-0.3, -0.25) is 4.79 Å². The van der Waals surface area contributed by atoms with E-state index >= 15 is 0 Å². The second-order valence-electron chi connectivity index (χ2n) is 4.23. The second-order valence-corrected chi connectivity index (χ2v) is 4.23. The van der Waals surface area contributed by atoms with Crippen LogP contribution in [0.4, 0.5) is 0 Å². The molecule has 1 unspecified atom stereocenters. The number of allylic oxidation sites excluding steroid dienone is 5. The van der Waals surface area contributed by atoms with E-state index in [-0.39, 0.29) is 0 Å². The predicted molar refractivity (Wildman–Crippen MR) is 73.0 cm³/mol. The average molecular weight is 236 g/mol. The van der Waals surface area contributed by atoms with Crippen molar-refractivity contribution in [2.45, 2.75) is 45.4 Å². The lowest BCUT2D eigenvalue weighted by Gasteiger charge is -2.12. The topological polar surface area (TPSA) is 37.3 Å². The molecule has 0 bridgehead atoms. The van der Waals surface area contributed by atoms with Crippen molar-refractivity contribution < 1.29 is 9.90 Å². The van der Waals surface area contributed by atoms with E-state index in [9.17, 15) is 4.79 Å². The summed E-state index contributed by atoms with van der Waals surface area (Å²) in [6.07, 6.45) is 15.2. The quantitative estimate of drug-likeness (QED) is 0.452. The van der Waals surface area contributed by atoms with Crippen molar-refractivity contribution in [1.82, 2.24) is 0 Å². The number of aliphatic carboxylic acids is 1. The molecule has 2 nitrogen and oxygen atoms in total. The Morgan fingerprint density at radius 1 is 1.29 bits per heavy atom. The average Bonchev–Trinajstić information content (AvgIpc) is 2.27. The standard InChI is InChI=1S/C15H24O2/c1-3-5-6-7-8-9-10-12-14(11-4-2)13-15(16)17/h3,5-8,14H,1,4,9-13H2,2H3,(H,16,17)/b6-5+,8-7+. The van der Waals surface area contributed by atoms with Crippen LogP contribution in [0, 0.1) is 5.92 Å². The molecule has 1 N–H and O–H groups in total. The van der Waals surface area contributed by atoms with Crippen LogP contribution in [0.3, 0.4) is 0 Å². The van der Waals surface area contributed by atoms with Crippen molar-refractivity contribution in [2.24, 2.45) is 5.92 Å². The summed E-state index contributed by atoms with van der Waals surface area (Å²) in [4.78, 5) is 10.7. The fraction of sp³-hybridized carbons (Fsp3) is 0.533. The number of unbranched alkanes of at least 4 members (excludes halogenated alkanes) is 1. The van der Waals surface area contributed by atoms with Gasteiger partial charge in [0.2, 0.25) is 0 Å². The van der Waals surface area contributed by atoms with Crippen LogP contribution in [0.2, 0.25) is 0 Å². The molecule has 0 aliphatic heterocycles. The molecule has 0 fully saturated rings. The van der Waals surface area contributed by atoms with Crippen LogP contribution in [0.15, 0.2) is 37.0 Å². The van der Waals surface area contributed by atoms with Gasteiger partial charge in [-0.25, -0.2) is 0 Å². The van der Waals surface area contributed by atoms with Gasteiger partial charge in [0, 0.05) is 6.42 Å². The summed E-state index contributed by atoms with van der Waals surface area (Å²) in [6, 6.07) is 0. The summed E-state index contributed by atoms with van der Waals surface area (Å²) in [5.41, 5.74) is 0. The predicted octanol–water partition coefficient (Wildman–Crippen LogP) is 4.35. The monoisotopic (exact) mass is 236 g/mol. The van der Waals surface area contributed by atoms with Gasteiger partial charge in [-0.1, -0.05) is 56.7 Å². The largest absolute Gasteiger partial charge is 0.481 e. The third kappa shape index (κ3) is 11.0. The SMILES string of the molecule is C=C/C=C/C=C/CCCC(CCC)CC(=O)O. The minimum absolute atomic E-state index is 0.313. The first-order valence-corrected chi connectivity index (χ1v) is 6.36. The number of carbonyl (C=O) groups is 1. The van der Waals surface area contributed by atoms with Crippen molar-refractivity contribution in [3.63, 3.8) is 0 Å². The van der Waals surface area contributed by atoms with Gasteiger partial charge in [0.1, 0.15) is 0 Å². The van der Waals surface area contributed by atoms with Crippen LogP contribution >= 0.6 is 0 Å². The second kappa shape index (κ2) is 11.2. The third-order valence-corrected chi connectivity index (χ3v) is 2.64. The molecular formula is C15H24O2. The van der Waals surface area contributed by atoms with Crippen LogP contribution in [-0.2, 0) is 4.79 Å². The summed E-state index contributed by atoms with van der Waals surface area (Å²) in [6.45, 7) is 5.70. The normalized spacial score (nSPS) is 13.2. The summed E-state index contributed by atoms with van der Waals surface area (Å²) < 4.78 is 0. The molecule has 0 aromatic rings. The van der Waals surface area contributed by atoms with E-state index < -0.39 is 5.97 Å². The van der Waals surface area contributed by atoms with E-state index in [4.69, 9.17) is 5.11 Å². The van der Waals surface area contributed by atoms with Crippen molar-refractivity contribution in [1.29, 1.82) is 0 Å². The Balaban J connectivity index is 3.73. The van der Waals surface area contributed by atoms with Gasteiger partial charge in [-0.2, -0.15) is 0 Å². The van der Waals surface area contributed by atoms with E-state index in [1.54, 1.807) is 6.08 Å². The molecule has 2 heteroatoms. The highest BCUT2D eigenvalue weighted by atomic mass is 16.4. The van der Waals surface area contributed by atoms with Crippen molar-refractivity contribution in [2.75, 3.05) is 0 Å². The molecule has 0 aliphatic rings. The lowest BCUT2D eigenvalue weighted by atomic mass is 9.94. The van der Waals surface area contributed by atoms with Crippen molar-refractivity contribution in [3.8, 4) is 0 Å². The van der Waals surface area contributed by atoms with Crippen LogP contribution in [-0.4, -0.2) is 11.1 Å². The molecular weight excluding hydrogens is 212 g/mol. The van der Waals surface area contributed by atoms with E-state index in [2.05, 4.69) is 19.6 Å². The number of carboxylic acids is 1. The van der Waals surface area contributed by atoms with Gasteiger partial charge in [0.05, 0.1) is 0 Å².